The van der Waals surface area contributed by atoms with Crippen LogP contribution < -0.4 is 5.48 Å². The molecule has 1 aliphatic rings. The van der Waals surface area contributed by atoms with E-state index in [9.17, 15) is 4.79 Å². The monoisotopic (exact) mass is 341 g/mol. The topological polar surface area (TPSA) is 56.1 Å². The number of rotatable bonds is 2. The number of benzene rings is 2. The second-order valence-corrected chi connectivity index (χ2v) is 6.20. The van der Waals surface area contributed by atoms with E-state index in [1.54, 1.807) is 6.20 Å². The summed E-state index contributed by atoms with van der Waals surface area (Å²) in [5.41, 5.74) is 6.07. The number of carbonyl (C=O) groups is 1. The predicted octanol–water partition coefficient (Wildman–Crippen LogP) is 3.99. The Morgan fingerprint density at radius 3 is 2.85 bits per heavy atom. The van der Waals surface area contributed by atoms with Crippen molar-refractivity contribution in [3.8, 4) is 0 Å². The molecule has 126 valence electrons. The summed E-state index contributed by atoms with van der Waals surface area (Å²) >= 11 is 0. The van der Waals surface area contributed by atoms with Crippen LogP contribution >= 0.6 is 0 Å². The average molecular weight is 341 g/mol. The largest absolute Gasteiger partial charge is 0.316 e. The van der Waals surface area contributed by atoms with Crippen LogP contribution in [0.3, 0.4) is 0 Å². The number of pyridine rings is 1. The maximum Gasteiger partial charge on any atom is 0.277 e. The summed E-state index contributed by atoms with van der Waals surface area (Å²) in [5, 5.41) is 3.00. The third-order valence-electron chi connectivity index (χ3n) is 4.70. The first-order valence-electron chi connectivity index (χ1n) is 8.38. The first-order chi connectivity index (χ1) is 12.8. The fourth-order valence-electron chi connectivity index (χ4n) is 3.53. The van der Waals surface area contributed by atoms with Crippen molar-refractivity contribution in [2.75, 3.05) is 0 Å². The first-order valence-corrected chi connectivity index (χ1v) is 8.38. The third-order valence-corrected chi connectivity index (χ3v) is 4.70. The minimum absolute atomic E-state index is 0.212. The van der Waals surface area contributed by atoms with Gasteiger partial charge in [0, 0.05) is 34.8 Å². The molecule has 0 saturated heterocycles. The van der Waals surface area contributed by atoms with Crippen molar-refractivity contribution >= 4 is 39.9 Å². The van der Waals surface area contributed by atoms with Crippen molar-refractivity contribution in [3.63, 3.8) is 0 Å². The molecular formula is C21H15N3O2. The van der Waals surface area contributed by atoms with Crippen LogP contribution in [0, 0.1) is 0 Å². The molecule has 0 bridgehead atoms. The number of fused-ring (bicyclic) bond motifs is 5. The molecule has 1 N–H and O–H groups in total. The van der Waals surface area contributed by atoms with E-state index in [-0.39, 0.29) is 5.91 Å². The lowest BCUT2D eigenvalue weighted by Gasteiger charge is -2.14. The van der Waals surface area contributed by atoms with Gasteiger partial charge in [0.15, 0.2) is 0 Å². The smallest absolute Gasteiger partial charge is 0.277 e. The highest BCUT2D eigenvalue weighted by Gasteiger charge is 2.26. The predicted molar refractivity (Wildman–Crippen MR) is 101 cm³/mol. The summed E-state index contributed by atoms with van der Waals surface area (Å²) in [7, 11) is 0. The Balaban J connectivity index is 1.84. The molecule has 0 saturated carbocycles. The van der Waals surface area contributed by atoms with Gasteiger partial charge >= 0.3 is 0 Å². The average Bonchev–Trinajstić information content (AvgIpc) is 3.02. The van der Waals surface area contributed by atoms with Crippen LogP contribution in [-0.4, -0.2) is 15.5 Å². The number of carbonyl (C=O) groups excluding carboxylic acids is 1. The van der Waals surface area contributed by atoms with Crippen LogP contribution in [0.2, 0.25) is 0 Å². The molecule has 0 aliphatic carbocycles. The lowest BCUT2D eigenvalue weighted by atomic mass is 10.1. The van der Waals surface area contributed by atoms with Crippen molar-refractivity contribution in [1.82, 2.24) is 15.0 Å². The summed E-state index contributed by atoms with van der Waals surface area (Å²) in [5.74, 6) is -0.212. The van der Waals surface area contributed by atoms with Gasteiger partial charge in [-0.15, -0.1) is 0 Å². The Bertz CT molecular complexity index is 1180. The Kier molecular flexibility index (Phi) is 3.33. The lowest BCUT2D eigenvalue weighted by Crippen LogP contribution is -2.29. The van der Waals surface area contributed by atoms with Crippen molar-refractivity contribution in [1.29, 1.82) is 0 Å². The number of amides is 1. The molecule has 1 aliphatic heterocycles. The van der Waals surface area contributed by atoms with Gasteiger partial charge in [-0.3, -0.25) is 14.6 Å². The van der Waals surface area contributed by atoms with Gasteiger partial charge in [0.05, 0.1) is 16.8 Å². The van der Waals surface area contributed by atoms with Crippen LogP contribution in [0.5, 0.6) is 0 Å². The van der Waals surface area contributed by atoms with Gasteiger partial charge in [-0.25, -0.2) is 5.48 Å². The second-order valence-electron chi connectivity index (χ2n) is 6.20. The van der Waals surface area contributed by atoms with E-state index >= 15 is 0 Å². The summed E-state index contributed by atoms with van der Waals surface area (Å²) in [6, 6.07) is 16.0. The van der Waals surface area contributed by atoms with E-state index in [2.05, 4.69) is 15.0 Å². The van der Waals surface area contributed by atoms with Gasteiger partial charge in [0.25, 0.3) is 5.91 Å². The van der Waals surface area contributed by atoms with Crippen molar-refractivity contribution in [2.45, 2.75) is 6.61 Å². The molecule has 5 heteroatoms. The molecule has 3 heterocycles. The van der Waals surface area contributed by atoms with E-state index < -0.39 is 0 Å². The van der Waals surface area contributed by atoms with Crippen LogP contribution in [0.4, 0.5) is 0 Å². The Hall–Kier alpha value is -3.44. The zero-order chi connectivity index (χ0) is 17.5. The molecule has 5 rings (SSSR count). The quantitative estimate of drug-likeness (QED) is 0.600. The Morgan fingerprint density at radius 2 is 1.96 bits per heavy atom. The molecule has 2 aromatic carbocycles. The van der Waals surface area contributed by atoms with Gasteiger partial charge < -0.3 is 4.57 Å². The second kappa shape index (κ2) is 5.82. The normalized spacial score (nSPS) is 14.1. The minimum atomic E-state index is -0.212. The molecule has 2 aromatic heterocycles. The fourth-order valence-corrected chi connectivity index (χ4v) is 3.53. The third kappa shape index (κ3) is 2.22. The minimum Gasteiger partial charge on any atom is -0.316 e. The van der Waals surface area contributed by atoms with Gasteiger partial charge in [-0.2, -0.15) is 0 Å². The molecule has 0 unspecified atom stereocenters. The standard InChI is InChI=1S/C21H15N3O2/c25-21-19-17-7-6-15-12-22-10-8-16(15)20(17)24(18(19)13-26-23-21)11-9-14-4-2-1-3-5-14/h1-12H,13H2,(H,23,25). The van der Waals surface area contributed by atoms with Crippen LogP contribution in [0.15, 0.2) is 60.9 Å². The first kappa shape index (κ1) is 14.9. The highest BCUT2D eigenvalue weighted by molar-refractivity contribution is 6.16. The van der Waals surface area contributed by atoms with Crippen molar-refractivity contribution in [3.05, 3.63) is 77.7 Å². The summed E-state index contributed by atoms with van der Waals surface area (Å²) < 4.78 is 2.05. The highest BCUT2D eigenvalue weighted by atomic mass is 16.7. The van der Waals surface area contributed by atoms with E-state index in [0.29, 0.717) is 12.2 Å². The molecule has 4 aromatic rings. The number of aromatic nitrogens is 2. The molecule has 0 radical (unpaired) electrons. The Labute approximate surface area is 149 Å². The number of hydroxylamine groups is 1. The molecule has 26 heavy (non-hydrogen) atoms. The van der Waals surface area contributed by atoms with E-state index in [1.807, 2.05) is 67.0 Å². The molecule has 0 spiro atoms. The van der Waals surface area contributed by atoms with E-state index in [0.717, 1.165) is 32.9 Å². The van der Waals surface area contributed by atoms with Gasteiger partial charge in [0.2, 0.25) is 0 Å². The van der Waals surface area contributed by atoms with E-state index in [4.69, 9.17) is 4.84 Å². The summed E-state index contributed by atoms with van der Waals surface area (Å²) in [6.07, 6.45) is 7.64. The Morgan fingerprint density at radius 1 is 1.08 bits per heavy atom. The molecule has 5 nitrogen and oxygen atoms in total. The van der Waals surface area contributed by atoms with Crippen LogP contribution in [0.1, 0.15) is 21.6 Å². The zero-order valence-corrected chi connectivity index (χ0v) is 13.8. The van der Waals surface area contributed by atoms with Gasteiger partial charge in [0.1, 0.15) is 6.61 Å². The maximum atomic E-state index is 12.4. The van der Waals surface area contributed by atoms with Gasteiger partial charge in [-0.05, 0) is 17.7 Å². The number of nitrogens with zero attached hydrogens (tertiary/aromatic N) is 2. The number of hydrogen-bond donors (Lipinski definition) is 1. The SMILES string of the molecule is O=C1NOCc2c1c1ccc3cnccc3c1n2C=Cc1ccccc1. The fraction of sp³-hybridized carbons (Fsp3) is 0.0476. The van der Waals surface area contributed by atoms with E-state index in [1.165, 1.54) is 0 Å². The molecule has 0 fully saturated rings. The molecular weight excluding hydrogens is 326 g/mol. The number of hydrogen-bond acceptors (Lipinski definition) is 3. The number of nitrogens with one attached hydrogen (secondary N) is 1. The van der Waals surface area contributed by atoms with Crippen molar-refractivity contribution < 1.29 is 9.63 Å². The van der Waals surface area contributed by atoms with Crippen LogP contribution in [0.25, 0.3) is 34.0 Å². The van der Waals surface area contributed by atoms with Crippen LogP contribution in [-0.2, 0) is 11.4 Å². The summed E-state index contributed by atoms with van der Waals surface area (Å²) in [4.78, 5) is 21.9. The van der Waals surface area contributed by atoms with Gasteiger partial charge in [-0.1, -0.05) is 42.5 Å². The van der Waals surface area contributed by atoms with Crippen molar-refractivity contribution in [2.24, 2.45) is 0 Å². The summed E-state index contributed by atoms with van der Waals surface area (Å²) in [6.45, 7) is 0.321. The lowest BCUT2D eigenvalue weighted by molar-refractivity contribution is 0.0140. The molecule has 0 atom stereocenters. The molecule has 1 amide bonds. The zero-order valence-electron chi connectivity index (χ0n) is 13.8. The highest BCUT2D eigenvalue weighted by Crippen LogP contribution is 2.34. The maximum absolute atomic E-state index is 12.4.